The average molecular weight is 871 g/mol. The molecule has 3 amide bonds. The van der Waals surface area contributed by atoms with Crippen molar-refractivity contribution in [2.75, 3.05) is 13.2 Å². The lowest BCUT2D eigenvalue weighted by molar-refractivity contribution is -0.191. The molecule has 4 aliphatic heterocycles. The van der Waals surface area contributed by atoms with Gasteiger partial charge in [-0.1, -0.05) is 12.1 Å². The first kappa shape index (κ1) is 46.4. The van der Waals surface area contributed by atoms with E-state index < -0.39 is 52.8 Å². The number of nitrogens with one attached hydrogen (secondary N) is 1. The van der Waals surface area contributed by atoms with Crippen molar-refractivity contribution in [2.45, 2.75) is 84.3 Å². The molecule has 8 rings (SSSR count). The van der Waals surface area contributed by atoms with Crippen LogP contribution in [0.25, 0.3) is 0 Å². The number of ketones is 2. The van der Waals surface area contributed by atoms with Crippen molar-refractivity contribution >= 4 is 35.4 Å². The number of benzene rings is 2. The Morgan fingerprint density at radius 3 is 1.65 bits per heavy atom. The van der Waals surface area contributed by atoms with Gasteiger partial charge >= 0.3 is 6.15 Å². The first-order valence-corrected chi connectivity index (χ1v) is 19.1. The van der Waals surface area contributed by atoms with Crippen LogP contribution in [0.5, 0.6) is 11.5 Å². The summed E-state index contributed by atoms with van der Waals surface area (Å²) in [7, 11) is 0. The van der Waals surface area contributed by atoms with Gasteiger partial charge in [0, 0.05) is 60.8 Å². The number of carbonyl (C=O) groups is 5. The molecule has 2 aromatic heterocycles. The molecule has 0 aliphatic carbocycles. The summed E-state index contributed by atoms with van der Waals surface area (Å²) in [6.45, 7) is 6.76. The van der Waals surface area contributed by atoms with E-state index in [4.69, 9.17) is 24.8 Å². The van der Waals surface area contributed by atoms with Gasteiger partial charge in [0.05, 0.1) is 37.4 Å². The minimum atomic E-state index is -1.09. The van der Waals surface area contributed by atoms with E-state index in [2.05, 4.69) is 5.32 Å². The molecule has 17 nitrogen and oxygen atoms in total. The molecular formula is C41H42F4N6O11. The molecule has 21 heteroatoms. The summed E-state index contributed by atoms with van der Waals surface area (Å²) in [6.07, 6.45) is 3.63. The molecule has 62 heavy (non-hydrogen) atoms. The van der Waals surface area contributed by atoms with Crippen LogP contribution in [-0.4, -0.2) is 102 Å². The van der Waals surface area contributed by atoms with Crippen LogP contribution in [0.3, 0.4) is 0 Å². The van der Waals surface area contributed by atoms with Crippen LogP contribution >= 0.6 is 0 Å². The van der Waals surface area contributed by atoms with Gasteiger partial charge in [0.15, 0.2) is 41.1 Å². The topological polar surface area (TPSA) is 233 Å². The standard InChI is InChI=1S/C20H19F2N3O5.C13H16N2O4.C7H7F2N.CO2/c1-10-4-5-30-15-9-24-8-13(17(26)16(24)20(29)25(10)15)18(27)19(28)23-7-11-2-3-12(21)6-14(11)22;1-7-3-4-19-10-6-14-5-9(8(2)16)12(17)11(14)13(18)15(7)10;8-6-2-1-5(4-10)7(9)3-6;2-1-3/h2-3,6,8,10,15,26H,4-5,7,9H2,1H3,(H,23,28);5,7,10,17H,3-4,6H2,1-2H3;1-3H,4,10H2;/t10-,15+;7-,10+;;/m11../s1. The zero-order valence-electron chi connectivity index (χ0n) is 33.5. The van der Waals surface area contributed by atoms with Crippen molar-refractivity contribution in [1.82, 2.24) is 24.3 Å². The fourth-order valence-electron chi connectivity index (χ4n) is 7.26. The first-order chi connectivity index (χ1) is 29.4. The van der Waals surface area contributed by atoms with Crippen molar-refractivity contribution in [3.63, 3.8) is 0 Å². The van der Waals surface area contributed by atoms with Gasteiger partial charge in [-0.3, -0.25) is 24.0 Å². The van der Waals surface area contributed by atoms with Crippen LogP contribution in [0.2, 0.25) is 0 Å². The van der Waals surface area contributed by atoms with Crippen molar-refractivity contribution in [1.29, 1.82) is 0 Å². The number of nitrogens with two attached hydrogens (primary N) is 1. The van der Waals surface area contributed by atoms with Gasteiger partial charge in [0.25, 0.3) is 23.5 Å². The monoisotopic (exact) mass is 870 g/mol. The van der Waals surface area contributed by atoms with E-state index in [1.54, 1.807) is 9.47 Å². The predicted molar refractivity (Wildman–Crippen MR) is 204 cm³/mol. The number of aromatic nitrogens is 2. The summed E-state index contributed by atoms with van der Waals surface area (Å²) < 4.78 is 65.6. The lowest BCUT2D eigenvalue weighted by atomic mass is 10.1. The Balaban J connectivity index is 0.000000192. The maximum Gasteiger partial charge on any atom is 0.373 e. The smallest absolute Gasteiger partial charge is 0.373 e. The zero-order valence-corrected chi connectivity index (χ0v) is 33.5. The van der Waals surface area contributed by atoms with Crippen LogP contribution in [0, 0.1) is 23.3 Å². The molecule has 330 valence electrons. The number of ether oxygens (including phenoxy) is 2. The van der Waals surface area contributed by atoms with E-state index in [0.29, 0.717) is 37.8 Å². The minimum Gasteiger partial charge on any atom is -0.505 e. The number of Topliss-reactive ketones (excluding diaryl/α,β-unsaturated/α-hetero) is 2. The maximum absolute atomic E-state index is 13.7. The number of carbonyl (C=O) groups excluding carboxylic acids is 7. The van der Waals surface area contributed by atoms with E-state index in [1.165, 1.54) is 40.9 Å². The highest BCUT2D eigenvalue weighted by Gasteiger charge is 2.43. The summed E-state index contributed by atoms with van der Waals surface area (Å²) in [5.41, 5.74) is 5.44. The quantitative estimate of drug-likeness (QED) is 0.124. The zero-order chi connectivity index (χ0) is 45.6. The van der Waals surface area contributed by atoms with Crippen LogP contribution in [0.1, 0.15) is 86.4 Å². The minimum absolute atomic E-state index is 0.00358. The number of nitrogens with zero attached hydrogens (tertiary/aromatic N) is 4. The van der Waals surface area contributed by atoms with Crippen LogP contribution < -0.4 is 11.1 Å². The Labute approximate surface area is 350 Å². The van der Waals surface area contributed by atoms with Crippen LogP contribution in [0.15, 0.2) is 48.8 Å². The van der Waals surface area contributed by atoms with Crippen molar-refractivity contribution < 1.29 is 70.8 Å². The summed E-state index contributed by atoms with van der Waals surface area (Å²) in [4.78, 5) is 81.0. The van der Waals surface area contributed by atoms with E-state index in [0.717, 1.165) is 24.6 Å². The molecule has 2 saturated heterocycles. The Morgan fingerprint density at radius 1 is 0.774 bits per heavy atom. The first-order valence-electron chi connectivity index (χ1n) is 19.1. The van der Waals surface area contributed by atoms with E-state index in [1.807, 2.05) is 13.8 Å². The van der Waals surface area contributed by atoms with Gasteiger partial charge < -0.3 is 49.7 Å². The summed E-state index contributed by atoms with van der Waals surface area (Å²) in [6, 6.07) is 6.18. The predicted octanol–water partition coefficient (Wildman–Crippen LogP) is 3.39. The number of amides is 3. The number of rotatable bonds is 6. The van der Waals surface area contributed by atoms with Gasteiger partial charge in [-0.05, 0) is 45.7 Å². The van der Waals surface area contributed by atoms with Crippen molar-refractivity contribution in [2.24, 2.45) is 5.73 Å². The largest absolute Gasteiger partial charge is 0.505 e. The molecule has 2 fully saturated rings. The van der Waals surface area contributed by atoms with Gasteiger partial charge in [-0.25, -0.2) is 17.6 Å². The van der Waals surface area contributed by atoms with Crippen molar-refractivity contribution in [3.05, 3.63) is 106 Å². The van der Waals surface area contributed by atoms with Crippen LogP contribution in [0.4, 0.5) is 17.6 Å². The van der Waals surface area contributed by atoms with E-state index in [-0.39, 0.29) is 89.6 Å². The Kier molecular flexibility index (Phi) is 14.8. The molecule has 6 heterocycles. The highest BCUT2D eigenvalue weighted by atomic mass is 19.1. The highest BCUT2D eigenvalue weighted by molar-refractivity contribution is 6.43. The number of halogens is 4. The third-order valence-corrected chi connectivity index (χ3v) is 10.5. The lowest BCUT2D eigenvalue weighted by Crippen LogP contribution is -2.56. The van der Waals surface area contributed by atoms with Crippen LogP contribution in [-0.2, 0) is 50.0 Å². The van der Waals surface area contributed by atoms with Gasteiger partial charge in [0.2, 0.25) is 0 Å². The SMILES string of the molecule is CC(=O)c1cn2c(c1O)C(=O)N1[C@H](C)CCO[C@H]1C2.C[C@@H]1CCO[C@H]2Cn3cc(C(=O)C(=O)NCc4ccc(F)cc4F)c(O)c3C(=O)N12.NCc1ccc(F)cc1F.O=C=O. The molecule has 0 unspecified atom stereocenters. The summed E-state index contributed by atoms with van der Waals surface area (Å²) in [5.74, 6) is -6.74. The van der Waals surface area contributed by atoms with Crippen molar-refractivity contribution in [3.8, 4) is 11.5 Å². The normalized spacial score (nSPS) is 19.6. The summed E-state index contributed by atoms with van der Waals surface area (Å²) in [5, 5.41) is 22.8. The molecule has 0 spiro atoms. The Bertz CT molecular complexity index is 2410. The molecule has 4 atom stereocenters. The second-order valence-corrected chi connectivity index (χ2v) is 14.5. The fourth-order valence-corrected chi connectivity index (χ4v) is 7.26. The number of hydrogen-bond donors (Lipinski definition) is 4. The fraction of sp³-hybridized carbons (Fsp3) is 0.366. The van der Waals surface area contributed by atoms with E-state index in [9.17, 15) is 51.7 Å². The number of hydrogen-bond acceptors (Lipinski definition) is 12. The van der Waals surface area contributed by atoms with Gasteiger partial charge in [0.1, 0.15) is 23.3 Å². The second kappa shape index (κ2) is 19.8. The second-order valence-electron chi connectivity index (χ2n) is 14.5. The molecule has 0 saturated carbocycles. The molecule has 5 N–H and O–H groups in total. The molecule has 0 radical (unpaired) electrons. The Morgan fingerprint density at radius 2 is 1.21 bits per heavy atom. The molecule has 0 bridgehead atoms. The third kappa shape index (κ3) is 9.76. The Hall–Kier alpha value is -6.67. The maximum atomic E-state index is 13.7. The number of aromatic hydroxyl groups is 2. The van der Waals surface area contributed by atoms with Gasteiger partial charge in [-0.2, -0.15) is 9.59 Å². The molecular weight excluding hydrogens is 828 g/mol. The average Bonchev–Trinajstić information content (AvgIpc) is 3.74. The number of fused-ring (bicyclic) bond motifs is 4. The third-order valence-electron chi connectivity index (χ3n) is 10.5. The molecule has 2 aromatic carbocycles. The molecule has 4 aromatic rings. The molecule has 4 aliphatic rings. The summed E-state index contributed by atoms with van der Waals surface area (Å²) >= 11 is 0. The highest BCUT2D eigenvalue weighted by Crippen LogP contribution is 2.35. The lowest BCUT2D eigenvalue weighted by Gasteiger charge is -2.43. The van der Waals surface area contributed by atoms with Gasteiger partial charge in [-0.15, -0.1) is 0 Å². The van der Waals surface area contributed by atoms with E-state index >= 15 is 0 Å².